The molecule has 13 heavy (non-hydrogen) atoms. The zero-order valence-corrected chi connectivity index (χ0v) is 9.90. The number of nitrogens with zero attached hydrogens (tertiary/aromatic N) is 1. The molecule has 1 N–H and O–H groups in total. The molecule has 0 saturated carbocycles. The van der Waals surface area contributed by atoms with Crippen LogP contribution in [-0.2, 0) is 0 Å². The van der Waals surface area contributed by atoms with Crippen LogP contribution in [0.3, 0.4) is 0 Å². The normalized spacial score (nSPS) is 12.0. The summed E-state index contributed by atoms with van der Waals surface area (Å²) in [5.74, 6) is 0. The van der Waals surface area contributed by atoms with E-state index in [1.54, 1.807) is 0 Å². The topological polar surface area (TPSA) is 12.0 Å². The Morgan fingerprint density at radius 1 is 0.846 bits per heavy atom. The molecule has 0 heterocycles. The van der Waals surface area contributed by atoms with Crippen LogP contribution in [-0.4, -0.2) is 45.8 Å². The monoisotopic (exact) mass is 187 g/mol. The van der Waals surface area contributed by atoms with Crippen LogP contribution in [0, 0.1) is 0 Å². The Bertz CT molecular complexity index is 105. The lowest BCUT2D eigenvalue weighted by atomic mass is 10.1. The van der Waals surface area contributed by atoms with Crippen molar-refractivity contribution in [3.63, 3.8) is 0 Å². The zero-order valence-electron chi connectivity index (χ0n) is 9.90. The van der Waals surface area contributed by atoms with Crippen LogP contribution >= 0.6 is 0 Å². The summed E-state index contributed by atoms with van der Waals surface area (Å²) in [5.41, 5.74) is 0. The summed E-state index contributed by atoms with van der Waals surface area (Å²) in [6.45, 7) is 2.49. The Hall–Kier alpha value is -0.0800. The zero-order chi connectivity index (χ0) is 10.2. The van der Waals surface area contributed by atoms with Crippen LogP contribution in [0.15, 0.2) is 0 Å². The molecular formula is C11H27N2+. The molecule has 0 aromatic carbocycles. The minimum Gasteiger partial charge on any atom is -0.331 e. The third-order valence-electron chi connectivity index (χ3n) is 2.26. The van der Waals surface area contributed by atoms with E-state index in [4.69, 9.17) is 0 Å². The average Bonchev–Trinajstić information content (AvgIpc) is 2.01. The number of hydrogen-bond donors (Lipinski definition) is 1. The second-order valence-corrected chi connectivity index (χ2v) is 4.89. The highest BCUT2D eigenvalue weighted by Crippen LogP contribution is 2.04. The van der Waals surface area contributed by atoms with Gasteiger partial charge in [0.2, 0.25) is 0 Å². The summed E-state index contributed by atoms with van der Waals surface area (Å²) in [6, 6.07) is 0. The summed E-state index contributed by atoms with van der Waals surface area (Å²) < 4.78 is 1.11. The van der Waals surface area contributed by atoms with E-state index in [0.717, 1.165) is 4.48 Å². The van der Waals surface area contributed by atoms with Gasteiger partial charge in [0.05, 0.1) is 27.7 Å². The first-order valence-electron chi connectivity index (χ1n) is 5.51. The highest BCUT2D eigenvalue weighted by molar-refractivity contribution is 4.45. The molecule has 0 amide bonds. The molecule has 0 radical (unpaired) electrons. The molecule has 0 aliphatic heterocycles. The molecular weight excluding hydrogens is 160 g/mol. The van der Waals surface area contributed by atoms with E-state index in [0.29, 0.717) is 0 Å². The van der Waals surface area contributed by atoms with E-state index >= 15 is 0 Å². The molecule has 2 heteroatoms. The third-order valence-corrected chi connectivity index (χ3v) is 2.26. The minimum absolute atomic E-state index is 1.11. The SMILES string of the molecule is CNCCCCCCC[N+](C)(C)C. The molecule has 0 fully saturated rings. The summed E-state index contributed by atoms with van der Waals surface area (Å²) in [4.78, 5) is 0. The lowest BCUT2D eigenvalue weighted by Gasteiger charge is -2.23. The van der Waals surface area contributed by atoms with Gasteiger partial charge < -0.3 is 9.80 Å². The Kier molecular flexibility index (Phi) is 7.29. The fraction of sp³-hybridized carbons (Fsp3) is 1.00. The second kappa shape index (κ2) is 7.34. The van der Waals surface area contributed by atoms with Crippen molar-refractivity contribution < 1.29 is 4.48 Å². The van der Waals surface area contributed by atoms with Crippen molar-refractivity contribution in [2.75, 3.05) is 41.3 Å². The van der Waals surface area contributed by atoms with Gasteiger partial charge in [-0.1, -0.05) is 12.8 Å². The maximum Gasteiger partial charge on any atom is 0.0780 e. The highest BCUT2D eigenvalue weighted by atomic mass is 15.3. The lowest BCUT2D eigenvalue weighted by molar-refractivity contribution is -0.870. The first-order chi connectivity index (χ1) is 6.06. The van der Waals surface area contributed by atoms with Crippen molar-refractivity contribution in [3.8, 4) is 0 Å². The quantitative estimate of drug-likeness (QED) is 0.452. The van der Waals surface area contributed by atoms with Gasteiger partial charge in [-0.25, -0.2) is 0 Å². The van der Waals surface area contributed by atoms with Gasteiger partial charge in [-0.2, -0.15) is 0 Å². The van der Waals surface area contributed by atoms with Crippen molar-refractivity contribution in [2.24, 2.45) is 0 Å². The van der Waals surface area contributed by atoms with Gasteiger partial charge in [-0.15, -0.1) is 0 Å². The van der Waals surface area contributed by atoms with Crippen LogP contribution in [0.25, 0.3) is 0 Å². The van der Waals surface area contributed by atoms with Gasteiger partial charge in [-0.3, -0.25) is 0 Å². The van der Waals surface area contributed by atoms with Crippen LogP contribution in [0.5, 0.6) is 0 Å². The third kappa shape index (κ3) is 11.9. The van der Waals surface area contributed by atoms with E-state index in [2.05, 4.69) is 26.5 Å². The molecule has 0 saturated heterocycles. The maximum absolute atomic E-state index is 3.18. The molecule has 0 aliphatic rings. The van der Waals surface area contributed by atoms with Gasteiger partial charge in [-0.05, 0) is 32.9 Å². The molecule has 0 aromatic rings. The molecule has 2 nitrogen and oxygen atoms in total. The second-order valence-electron chi connectivity index (χ2n) is 4.89. The Morgan fingerprint density at radius 2 is 1.38 bits per heavy atom. The first kappa shape index (κ1) is 12.9. The number of nitrogens with one attached hydrogen (secondary N) is 1. The molecule has 0 bridgehead atoms. The molecule has 0 unspecified atom stereocenters. The van der Waals surface area contributed by atoms with Crippen LogP contribution in [0.1, 0.15) is 32.1 Å². The predicted octanol–water partition coefficient (Wildman–Crippen LogP) is 1.86. The Morgan fingerprint density at radius 3 is 1.92 bits per heavy atom. The van der Waals surface area contributed by atoms with Gasteiger partial charge >= 0.3 is 0 Å². The van der Waals surface area contributed by atoms with Crippen LogP contribution in [0.2, 0.25) is 0 Å². The maximum atomic E-state index is 3.18. The fourth-order valence-corrected chi connectivity index (χ4v) is 1.42. The fourth-order valence-electron chi connectivity index (χ4n) is 1.42. The van der Waals surface area contributed by atoms with Gasteiger partial charge in [0, 0.05) is 0 Å². The largest absolute Gasteiger partial charge is 0.331 e. The predicted molar refractivity (Wildman–Crippen MR) is 59.9 cm³/mol. The number of quaternary nitrogens is 1. The molecule has 0 spiro atoms. The summed E-state index contributed by atoms with van der Waals surface area (Å²) in [6.07, 6.45) is 6.91. The number of rotatable bonds is 8. The van der Waals surface area contributed by atoms with E-state index in [1.165, 1.54) is 45.2 Å². The van der Waals surface area contributed by atoms with E-state index in [1.807, 2.05) is 7.05 Å². The summed E-state index contributed by atoms with van der Waals surface area (Å²) >= 11 is 0. The van der Waals surface area contributed by atoms with Crippen LogP contribution in [0.4, 0.5) is 0 Å². The molecule has 0 atom stereocenters. The molecule has 0 rings (SSSR count). The average molecular weight is 187 g/mol. The van der Waals surface area contributed by atoms with Crippen LogP contribution < -0.4 is 5.32 Å². The van der Waals surface area contributed by atoms with Crippen molar-refractivity contribution >= 4 is 0 Å². The molecule has 0 aliphatic carbocycles. The van der Waals surface area contributed by atoms with Crippen molar-refractivity contribution in [2.45, 2.75) is 32.1 Å². The Labute approximate surface area is 83.9 Å². The van der Waals surface area contributed by atoms with Gasteiger partial charge in [0.15, 0.2) is 0 Å². The molecule has 80 valence electrons. The molecule has 0 aromatic heterocycles. The van der Waals surface area contributed by atoms with Crippen molar-refractivity contribution in [1.82, 2.24) is 5.32 Å². The highest BCUT2D eigenvalue weighted by Gasteiger charge is 2.04. The van der Waals surface area contributed by atoms with Gasteiger partial charge in [0.25, 0.3) is 0 Å². The van der Waals surface area contributed by atoms with E-state index < -0.39 is 0 Å². The van der Waals surface area contributed by atoms with Crippen molar-refractivity contribution in [3.05, 3.63) is 0 Å². The lowest BCUT2D eigenvalue weighted by Crippen LogP contribution is -2.35. The summed E-state index contributed by atoms with van der Waals surface area (Å²) in [5, 5.41) is 3.18. The standard InChI is InChI=1S/C11H27N2/c1-12-10-8-6-5-7-9-11-13(2,3)4/h12H,5-11H2,1-4H3/q+1. The number of hydrogen-bond acceptors (Lipinski definition) is 1. The van der Waals surface area contributed by atoms with Gasteiger partial charge in [0.1, 0.15) is 0 Å². The van der Waals surface area contributed by atoms with Crippen molar-refractivity contribution in [1.29, 1.82) is 0 Å². The number of unbranched alkanes of at least 4 members (excludes halogenated alkanes) is 4. The Balaban J connectivity index is 3.00. The van der Waals surface area contributed by atoms with E-state index in [9.17, 15) is 0 Å². The smallest absolute Gasteiger partial charge is 0.0780 e. The minimum atomic E-state index is 1.11. The first-order valence-corrected chi connectivity index (χ1v) is 5.51. The van der Waals surface area contributed by atoms with E-state index in [-0.39, 0.29) is 0 Å². The summed E-state index contributed by atoms with van der Waals surface area (Å²) in [7, 11) is 8.82.